The SMILES string of the molecule is [C-]#[N+]c1ccc2oc(=Nc3ccc(C)cc3)c(C(C)=O)cc2c1. The van der Waals surface area contributed by atoms with Crippen LogP contribution in [-0.2, 0) is 0 Å². The number of benzene rings is 2. The Labute approximate surface area is 133 Å². The van der Waals surface area contributed by atoms with Crippen molar-refractivity contribution < 1.29 is 9.21 Å². The topological polar surface area (TPSA) is 46.9 Å². The lowest BCUT2D eigenvalue weighted by atomic mass is 10.1. The van der Waals surface area contributed by atoms with Gasteiger partial charge in [-0.05, 0) is 44.2 Å². The molecule has 0 saturated carbocycles. The summed E-state index contributed by atoms with van der Waals surface area (Å²) in [5.41, 5.74) is 3.64. The van der Waals surface area contributed by atoms with E-state index in [4.69, 9.17) is 11.0 Å². The van der Waals surface area contributed by atoms with Gasteiger partial charge in [0.15, 0.2) is 11.5 Å². The summed E-state index contributed by atoms with van der Waals surface area (Å²) >= 11 is 0. The number of hydrogen-bond donors (Lipinski definition) is 0. The van der Waals surface area contributed by atoms with E-state index in [1.165, 1.54) is 6.92 Å². The number of ketones is 1. The molecular formula is C19H14N2O2. The van der Waals surface area contributed by atoms with E-state index in [-0.39, 0.29) is 11.3 Å². The first-order valence-electron chi connectivity index (χ1n) is 7.14. The fourth-order valence-electron chi connectivity index (χ4n) is 2.26. The Kier molecular flexibility index (Phi) is 3.78. The van der Waals surface area contributed by atoms with Crippen LogP contribution in [0.1, 0.15) is 22.8 Å². The molecule has 0 bridgehead atoms. The van der Waals surface area contributed by atoms with Gasteiger partial charge in [-0.2, -0.15) is 0 Å². The number of carbonyl (C=O) groups is 1. The van der Waals surface area contributed by atoms with Crippen LogP contribution in [0.4, 0.5) is 11.4 Å². The van der Waals surface area contributed by atoms with E-state index in [0.717, 1.165) is 11.3 Å². The lowest BCUT2D eigenvalue weighted by molar-refractivity contribution is 0.101. The highest BCUT2D eigenvalue weighted by Gasteiger charge is 2.09. The highest BCUT2D eigenvalue weighted by atomic mass is 16.3. The number of carbonyl (C=O) groups excluding carboxylic acids is 1. The molecule has 4 nitrogen and oxygen atoms in total. The summed E-state index contributed by atoms with van der Waals surface area (Å²) in [5.74, 6) is -0.130. The van der Waals surface area contributed by atoms with E-state index in [9.17, 15) is 4.79 Å². The Morgan fingerprint density at radius 2 is 1.87 bits per heavy atom. The molecule has 1 heterocycles. The molecule has 0 spiro atoms. The summed E-state index contributed by atoms with van der Waals surface area (Å²) in [6.07, 6.45) is 0. The molecule has 0 aliphatic rings. The van der Waals surface area contributed by atoms with Gasteiger partial charge in [0.05, 0.1) is 17.8 Å². The second kappa shape index (κ2) is 5.90. The van der Waals surface area contributed by atoms with E-state index in [0.29, 0.717) is 22.2 Å². The lowest BCUT2D eigenvalue weighted by Crippen LogP contribution is -2.12. The van der Waals surface area contributed by atoms with Crippen LogP contribution in [0.2, 0.25) is 0 Å². The van der Waals surface area contributed by atoms with E-state index < -0.39 is 0 Å². The third kappa shape index (κ3) is 3.04. The van der Waals surface area contributed by atoms with Crippen LogP contribution >= 0.6 is 0 Å². The van der Waals surface area contributed by atoms with Crippen molar-refractivity contribution >= 4 is 28.1 Å². The fraction of sp³-hybridized carbons (Fsp3) is 0.105. The van der Waals surface area contributed by atoms with Gasteiger partial charge in [0.25, 0.3) is 0 Å². The zero-order chi connectivity index (χ0) is 16.4. The summed E-state index contributed by atoms with van der Waals surface area (Å²) in [6, 6.07) is 14.5. The largest absolute Gasteiger partial charge is 0.438 e. The Balaban J connectivity index is 2.26. The first-order valence-corrected chi connectivity index (χ1v) is 7.14. The molecule has 0 saturated heterocycles. The molecule has 0 aliphatic heterocycles. The monoisotopic (exact) mass is 302 g/mol. The predicted molar refractivity (Wildman–Crippen MR) is 88.9 cm³/mol. The van der Waals surface area contributed by atoms with Crippen molar-refractivity contribution in [2.75, 3.05) is 0 Å². The summed E-state index contributed by atoms with van der Waals surface area (Å²) in [6.45, 7) is 10.5. The average Bonchev–Trinajstić information content (AvgIpc) is 2.55. The standard InChI is InChI=1S/C19H14N2O2/c1-12-4-6-15(7-5-12)21-19-17(13(2)22)11-14-10-16(20-3)8-9-18(14)23-19/h4-11H,1-2H3. The maximum atomic E-state index is 11.9. The maximum absolute atomic E-state index is 11.9. The first kappa shape index (κ1) is 14.7. The van der Waals surface area contributed by atoms with Gasteiger partial charge in [0.2, 0.25) is 5.55 Å². The quantitative estimate of drug-likeness (QED) is 0.507. The number of fused-ring (bicyclic) bond motifs is 1. The van der Waals surface area contributed by atoms with Crippen LogP contribution in [-0.4, -0.2) is 5.78 Å². The number of hydrogen-bond acceptors (Lipinski definition) is 3. The summed E-state index contributed by atoms with van der Waals surface area (Å²) in [7, 11) is 0. The summed E-state index contributed by atoms with van der Waals surface area (Å²) in [5, 5.41) is 0.714. The first-order chi connectivity index (χ1) is 11.1. The molecule has 0 fully saturated rings. The molecule has 1 aromatic heterocycles. The molecular weight excluding hydrogens is 288 g/mol. The molecule has 0 unspecified atom stereocenters. The van der Waals surface area contributed by atoms with Crippen LogP contribution < -0.4 is 5.55 Å². The predicted octanol–water partition coefficient (Wildman–Crippen LogP) is 4.73. The van der Waals surface area contributed by atoms with Crippen LogP contribution in [0.15, 0.2) is 57.9 Å². The van der Waals surface area contributed by atoms with E-state index >= 15 is 0 Å². The summed E-state index contributed by atoms with van der Waals surface area (Å²) < 4.78 is 5.80. The lowest BCUT2D eigenvalue weighted by Gasteiger charge is -2.03. The van der Waals surface area contributed by atoms with Gasteiger partial charge >= 0.3 is 0 Å². The Bertz CT molecular complexity index is 1010. The van der Waals surface area contributed by atoms with E-state index in [1.54, 1.807) is 24.3 Å². The highest BCUT2D eigenvalue weighted by molar-refractivity contribution is 5.96. The number of aryl methyl sites for hydroxylation is 1. The third-order valence-electron chi connectivity index (χ3n) is 3.50. The van der Waals surface area contributed by atoms with Crippen LogP contribution in [0, 0.1) is 13.5 Å². The molecule has 3 rings (SSSR count). The third-order valence-corrected chi connectivity index (χ3v) is 3.50. The second-order valence-corrected chi connectivity index (χ2v) is 5.30. The molecule has 0 radical (unpaired) electrons. The minimum atomic E-state index is -0.130. The van der Waals surface area contributed by atoms with Gasteiger partial charge in [0.1, 0.15) is 5.58 Å². The van der Waals surface area contributed by atoms with Crippen molar-refractivity contribution in [1.29, 1.82) is 0 Å². The van der Waals surface area contributed by atoms with Crippen molar-refractivity contribution in [1.82, 2.24) is 0 Å². The normalized spacial score (nSPS) is 11.4. The minimum absolute atomic E-state index is 0.130. The van der Waals surface area contributed by atoms with Gasteiger partial charge in [-0.1, -0.05) is 23.8 Å². The Hall–Kier alpha value is -3.19. The van der Waals surface area contributed by atoms with Crippen LogP contribution in [0.5, 0.6) is 0 Å². The van der Waals surface area contributed by atoms with Crippen molar-refractivity contribution in [2.45, 2.75) is 13.8 Å². The smallest absolute Gasteiger partial charge is 0.230 e. The zero-order valence-electron chi connectivity index (χ0n) is 12.8. The van der Waals surface area contributed by atoms with Gasteiger partial charge < -0.3 is 4.42 Å². The van der Waals surface area contributed by atoms with Crippen molar-refractivity contribution in [3.8, 4) is 0 Å². The van der Waals surface area contributed by atoms with Crippen LogP contribution in [0.3, 0.4) is 0 Å². The average molecular weight is 302 g/mol. The zero-order valence-corrected chi connectivity index (χ0v) is 12.8. The minimum Gasteiger partial charge on any atom is -0.438 e. The molecule has 0 N–H and O–H groups in total. The molecule has 0 atom stereocenters. The molecule has 4 heteroatoms. The maximum Gasteiger partial charge on any atom is 0.230 e. The second-order valence-electron chi connectivity index (χ2n) is 5.30. The van der Waals surface area contributed by atoms with Crippen molar-refractivity contribution in [2.24, 2.45) is 4.99 Å². The Morgan fingerprint density at radius 1 is 1.13 bits per heavy atom. The summed E-state index contributed by atoms with van der Waals surface area (Å²) in [4.78, 5) is 19.8. The molecule has 2 aromatic carbocycles. The number of nitrogens with zero attached hydrogens (tertiary/aromatic N) is 2. The Morgan fingerprint density at radius 3 is 2.52 bits per heavy atom. The van der Waals surface area contributed by atoms with E-state index in [1.807, 2.05) is 31.2 Å². The molecule has 3 aromatic rings. The van der Waals surface area contributed by atoms with Crippen LogP contribution in [0.25, 0.3) is 15.8 Å². The molecule has 0 aliphatic carbocycles. The highest BCUT2D eigenvalue weighted by Crippen LogP contribution is 2.21. The van der Waals surface area contributed by atoms with Gasteiger partial charge in [0, 0.05) is 5.39 Å². The van der Waals surface area contributed by atoms with Crippen molar-refractivity contribution in [3.05, 3.63) is 76.6 Å². The molecule has 23 heavy (non-hydrogen) atoms. The van der Waals surface area contributed by atoms with Crippen molar-refractivity contribution in [3.63, 3.8) is 0 Å². The number of rotatable bonds is 2. The molecule has 112 valence electrons. The van der Waals surface area contributed by atoms with Gasteiger partial charge in [-0.3, -0.25) is 4.79 Å². The van der Waals surface area contributed by atoms with Gasteiger partial charge in [-0.25, -0.2) is 9.84 Å². The number of Topliss-reactive ketones (excluding diaryl/α,β-unsaturated/α-hetero) is 1. The van der Waals surface area contributed by atoms with Gasteiger partial charge in [-0.15, -0.1) is 0 Å². The fourth-order valence-corrected chi connectivity index (χ4v) is 2.26. The van der Waals surface area contributed by atoms with E-state index in [2.05, 4.69) is 9.84 Å². The molecule has 0 amide bonds.